The van der Waals surface area contributed by atoms with Gasteiger partial charge in [-0.3, -0.25) is 4.79 Å². The third-order valence-corrected chi connectivity index (χ3v) is 8.08. The molecule has 0 spiro atoms. The zero-order chi connectivity index (χ0) is 31.8. The van der Waals surface area contributed by atoms with Gasteiger partial charge in [0.1, 0.15) is 0 Å². The molecule has 232 valence electrons. The Morgan fingerprint density at radius 2 is 1.48 bits per heavy atom. The molecule has 2 rings (SSSR count). The number of carbonyl (C=O) groups excluding carboxylic acids is 1. The van der Waals surface area contributed by atoms with E-state index in [0.717, 1.165) is 11.1 Å². The van der Waals surface area contributed by atoms with E-state index in [1.54, 1.807) is 52.5 Å². The fraction of sp³-hybridized carbons (Fsp3) is 0.576. The van der Waals surface area contributed by atoms with Crippen molar-refractivity contribution < 1.29 is 28.8 Å². The number of ether oxygens (including phenoxy) is 4. The molecule has 0 saturated heterocycles. The van der Waals surface area contributed by atoms with Gasteiger partial charge in [-0.05, 0) is 82.0 Å². The Hall–Kier alpha value is -3.48. The average molecular weight is 584 g/mol. The van der Waals surface area contributed by atoms with Crippen LogP contribution in [0.4, 0.5) is 0 Å². The minimum atomic E-state index is -0.930. The maximum Gasteiger partial charge on any atom is 0.254 e. The van der Waals surface area contributed by atoms with Crippen molar-refractivity contribution in [1.82, 2.24) is 9.80 Å². The first kappa shape index (κ1) is 34.7. The molecule has 0 aliphatic rings. The molecule has 0 saturated carbocycles. The first-order valence-electron chi connectivity index (χ1n) is 14.2. The average Bonchev–Trinajstić information content (AvgIpc) is 2.96. The van der Waals surface area contributed by atoms with E-state index >= 15 is 0 Å². The van der Waals surface area contributed by atoms with Crippen LogP contribution in [0.3, 0.4) is 0 Å². The van der Waals surface area contributed by atoms with Crippen molar-refractivity contribution in [2.75, 3.05) is 55.6 Å². The van der Waals surface area contributed by atoms with Gasteiger partial charge in [0.05, 0.1) is 46.0 Å². The lowest BCUT2D eigenvalue weighted by Crippen LogP contribution is -2.43. The molecular weight excluding hydrogens is 534 g/mol. The van der Waals surface area contributed by atoms with Crippen molar-refractivity contribution in [3.05, 3.63) is 47.0 Å². The number of hydrogen-bond donors (Lipinski definition) is 1. The van der Waals surface area contributed by atoms with Crippen LogP contribution in [0.5, 0.6) is 23.0 Å². The van der Waals surface area contributed by atoms with Crippen LogP contribution in [-0.2, 0) is 11.8 Å². The van der Waals surface area contributed by atoms with Gasteiger partial charge in [-0.2, -0.15) is 5.26 Å². The highest BCUT2D eigenvalue weighted by Gasteiger charge is 2.39. The van der Waals surface area contributed by atoms with Gasteiger partial charge < -0.3 is 33.9 Å². The van der Waals surface area contributed by atoms with Crippen LogP contribution >= 0.6 is 0 Å². The van der Waals surface area contributed by atoms with E-state index in [4.69, 9.17) is 18.9 Å². The first-order chi connectivity index (χ1) is 19.7. The molecule has 0 bridgehead atoms. The van der Waals surface area contributed by atoms with Crippen molar-refractivity contribution in [3.8, 4) is 29.1 Å². The molecule has 2 aromatic carbocycles. The molecule has 42 heavy (non-hydrogen) atoms. The lowest BCUT2D eigenvalue weighted by molar-refractivity contribution is 0.0653. The molecular formula is C33H49N3O6. The second-order valence-electron chi connectivity index (χ2n) is 12.1. The summed E-state index contributed by atoms with van der Waals surface area (Å²) in [5, 5.41) is 21.6. The van der Waals surface area contributed by atoms with Gasteiger partial charge in [0.25, 0.3) is 5.91 Å². The van der Waals surface area contributed by atoms with Crippen LogP contribution in [0, 0.1) is 17.2 Å². The molecule has 1 amide bonds. The van der Waals surface area contributed by atoms with Crippen LogP contribution < -0.4 is 18.9 Å². The molecule has 0 heterocycles. The quantitative estimate of drug-likeness (QED) is 0.334. The van der Waals surface area contributed by atoms with Gasteiger partial charge in [-0.25, -0.2) is 0 Å². The normalized spacial score (nSPS) is 13.7. The smallest absolute Gasteiger partial charge is 0.254 e. The fourth-order valence-electron chi connectivity index (χ4n) is 5.05. The number of nitrogens with zero attached hydrogens (tertiary/aromatic N) is 3. The number of likely N-dealkylation sites (N-methyl/N-ethyl adjacent to an activating group) is 1. The predicted molar refractivity (Wildman–Crippen MR) is 165 cm³/mol. The molecule has 2 atom stereocenters. The summed E-state index contributed by atoms with van der Waals surface area (Å²) in [6.07, 6.45) is 0.0206. The van der Waals surface area contributed by atoms with E-state index in [2.05, 4.69) is 6.07 Å². The summed E-state index contributed by atoms with van der Waals surface area (Å²) in [4.78, 5) is 17.2. The summed E-state index contributed by atoms with van der Waals surface area (Å²) >= 11 is 0. The number of aliphatic hydroxyl groups excluding tert-OH is 1. The van der Waals surface area contributed by atoms with Crippen LogP contribution in [0.15, 0.2) is 30.3 Å². The van der Waals surface area contributed by atoms with E-state index in [9.17, 15) is 15.2 Å². The zero-order valence-electron chi connectivity index (χ0n) is 27.2. The Morgan fingerprint density at radius 3 is 1.98 bits per heavy atom. The Bertz CT molecular complexity index is 1250. The van der Waals surface area contributed by atoms with Crippen molar-refractivity contribution in [1.29, 1.82) is 5.26 Å². The minimum absolute atomic E-state index is 0.0688. The molecule has 9 nitrogen and oxygen atoms in total. The van der Waals surface area contributed by atoms with Gasteiger partial charge in [0, 0.05) is 31.2 Å². The summed E-state index contributed by atoms with van der Waals surface area (Å²) in [7, 11) is 9.97. The highest BCUT2D eigenvalue weighted by molar-refractivity contribution is 5.96. The van der Waals surface area contributed by atoms with Gasteiger partial charge >= 0.3 is 0 Å². The van der Waals surface area contributed by atoms with E-state index in [-0.39, 0.29) is 23.8 Å². The maximum absolute atomic E-state index is 13.5. The molecule has 0 fully saturated rings. The number of amides is 1. The second-order valence-corrected chi connectivity index (χ2v) is 12.1. The minimum Gasteiger partial charge on any atom is -0.493 e. The Labute approximate surface area is 251 Å². The van der Waals surface area contributed by atoms with E-state index in [1.165, 1.54) is 0 Å². The van der Waals surface area contributed by atoms with Crippen LogP contribution in [0.25, 0.3) is 0 Å². The van der Waals surface area contributed by atoms with Crippen LogP contribution in [-0.4, -0.2) is 88.1 Å². The van der Waals surface area contributed by atoms with Gasteiger partial charge in [0.2, 0.25) is 0 Å². The largest absolute Gasteiger partial charge is 0.493 e. The van der Waals surface area contributed by atoms with Crippen molar-refractivity contribution in [2.24, 2.45) is 5.92 Å². The highest BCUT2D eigenvalue weighted by Crippen LogP contribution is 2.40. The van der Waals surface area contributed by atoms with Crippen molar-refractivity contribution >= 4 is 5.91 Å². The number of rotatable bonds is 14. The van der Waals surface area contributed by atoms with Gasteiger partial charge in [0.15, 0.2) is 23.0 Å². The SMILES string of the molecule is COc1ccc(C(C#N)(CC(O)CN(C)CCc2cc(OC)c(OC)cc2C(=O)N(C)C(C)(C)C)C(C)C)cc1OC. The molecule has 2 aromatic rings. The van der Waals surface area contributed by atoms with Gasteiger partial charge in [-0.15, -0.1) is 0 Å². The number of methoxy groups -OCH3 is 4. The summed E-state index contributed by atoms with van der Waals surface area (Å²) < 4.78 is 21.9. The number of hydrogen-bond acceptors (Lipinski definition) is 8. The Morgan fingerprint density at radius 1 is 0.929 bits per heavy atom. The lowest BCUT2D eigenvalue weighted by Gasteiger charge is -2.35. The molecule has 0 aliphatic carbocycles. The maximum atomic E-state index is 13.5. The Kier molecular flexibility index (Phi) is 12.1. The number of nitriles is 1. The fourth-order valence-corrected chi connectivity index (χ4v) is 5.05. The molecule has 2 unspecified atom stereocenters. The summed E-state index contributed by atoms with van der Waals surface area (Å²) in [6, 6.07) is 11.6. The number of aliphatic hydroxyl groups is 1. The lowest BCUT2D eigenvalue weighted by atomic mass is 9.69. The monoisotopic (exact) mass is 583 g/mol. The Balaban J connectivity index is 2.27. The molecule has 0 aromatic heterocycles. The summed E-state index contributed by atoms with van der Waals surface area (Å²) in [5.74, 6) is 1.99. The van der Waals surface area contributed by atoms with Gasteiger partial charge in [-0.1, -0.05) is 19.9 Å². The van der Waals surface area contributed by atoms with E-state index < -0.39 is 11.5 Å². The third kappa shape index (κ3) is 7.87. The topological polar surface area (TPSA) is 104 Å². The standard InChI is InChI=1S/C33H49N3O6/c1-22(2)33(21-34,24-12-13-27(39-8)29(17-24)41-10)19-25(37)20-35(6)15-14-23-16-28(40-9)30(42-11)18-26(23)31(38)36(7)32(3,4)5/h12-13,16-18,22,25,37H,14-15,19-20H2,1-11H3. The zero-order valence-corrected chi connectivity index (χ0v) is 27.2. The number of benzene rings is 2. The number of carbonyl (C=O) groups is 1. The van der Waals surface area contributed by atoms with E-state index in [1.807, 2.05) is 64.8 Å². The predicted octanol–water partition coefficient (Wildman–Crippen LogP) is 4.93. The molecule has 0 aliphatic heterocycles. The first-order valence-corrected chi connectivity index (χ1v) is 14.2. The molecule has 0 radical (unpaired) electrons. The van der Waals surface area contributed by atoms with Crippen LogP contribution in [0.2, 0.25) is 0 Å². The third-order valence-electron chi connectivity index (χ3n) is 8.08. The highest BCUT2D eigenvalue weighted by atomic mass is 16.5. The summed E-state index contributed by atoms with van der Waals surface area (Å²) in [6.45, 7) is 10.9. The summed E-state index contributed by atoms with van der Waals surface area (Å²) in [5.41, 5.74) is 0.862. The molecule has 1 N–H and O–H groups in total. The van der Waals surface area contributed by atoms with Crippen molar-refractivity contribution in [3.63, 3.8) is 0 Å². The van der Waals surface area contributed by atoms with Crippen molar-refractivity contribution in [2.45, 2.75) is 64.5 Å². The van der Waals surface area contributed by atoms with E-state index in [0.29, 0.717) is 48.1 Å². The second kappa shape index (κ2) is 14.6. The van der Waals surface area contributed by atoms with Crippen LogP contribution in [0.1, 0.15) is 62.5 Å². The molecule has 9 heteroatoms.